The van der Waals surface area contributed by atoms with Crippen molar-refractivity contribution in [2.24, 2.45) is 11.1 Å². The highest BCUT2D eigenvalue weighted by molar-refractivity contribution is 5.74. The van der Waals surface area contributed by atoms with E-state index in [1.807, 2.05) is 12.1 Å². The van der Waals surface area contributed by atoms with Crippen LogP contribution in [-0.2, 0) is 16.6 Å². The van der Waals surface area contributed by atoms with Crippen LogP contribution in [0.1, 0.15) is 93.3 Å². The van der Waals surface area contributed by atoms with E-state index in [0.29, 0.717) is 5.56 Å². The van der Waals surface area contributed by atoms with Gasteiger partial charge < -0.3 is 20.7 Å². The van der Waals surface area contributed by atoms with Gasteiger partial charge in [-0.3, -0.25) is 0 Å². The highest BCUT2D eigenvalue weighted by Crippen LogP contribution is 2.41. The number of aliphatic hydroxyl groups is 1. The molecular weight excluding hydrogens is 470 g/mol. The van der Waals surface area contributed by atoms with Gasteiger partial charge in [0, 0.05) is 5.41 Å². The third-order valence-corrected chi connectivity index (χ3v) is 8.40. The van der Waals surface area contributed by atoms with Gasteiger partial charge in [0.05, 0.1) is 18.1 Å². The highest BCUT2D eigenvalue weighted by atomic mass is 16.4. The number of rotatable bonds is 10. The van der Waals surface area contributed by atoms with Crippen molar-refractivity contribution in [1.29, 1.82) is 0 Å². The fraction of sp³-hybridized carbons (Fsp3) is 0.441. The molecule has 1 unspecified atom stereocenters. The molecular formula is C34H44NO3-. The lowest BCUT2D eigenvalue weighted by molar-refractivity contribution is -0.307. The van der Waals surface area contributed by atoms with Gasteiger partial charge >= 0.3 is 0 Å². The molecule has 0 amide bonds. The Kier molecular flexibility index (Phi) is 9.22. The van der Waals surface area contributed by atoms with Crippen molar-refractivity contribution < 1.29 is 15.0 Å². The van der Waals surface area contributed by atoms with Crippen molar-refractivity contribution >= 4 is 5.97 Å². The first-order chi connectivity index (χ1) is 17.8. The largest absolute Gasteiger partial charge is 0.548 e. The average Bonchev–Trinajstić information content (AvgIpc) is 2.88. The summed E-state index contributed by atoms with van der Waals surface area (Å²) in [6.45, 7) is 15.1. The molecule has 4 heteroatoms. The number of benzene rings is 3. The van der Waals surface area contributed by atoms with E-state index in [1.165, 1.54) is 27.8 Å². The fourth-order valence-corrected chi connectivity index (χ4v) is 5.52. The van der Waals surface area contributed by atoms with Crippen LogP contribution in [0.3, 0.4) is 0 Å². The maximum Gasteiger partial charge on any atom is 0.0699 e. The summed E-state index contributed by atoms with van der Waals surface area (Å²) in [5.74, 6) is -1.28. The monoisotopic (exact) mass is 514 g/mol. The lowest BCUT2D eigenvalue weighted by Crippen LogP contribution is -2.34. The van der Waals surface area contributed by atoms with Crippen molar-refractivity contribution in [2.45, 2.75) is 91.7 Å². The maximum absolute atomic E-state index is 11.1. The molecule has 0 aliphatic carbocycles. The van der Waals surface area contributed by atoms with E-state index in [2.05, 4.69) is 84.9 Å². The van der Waals surface area contributed by atoms with Gasteiger partial charge in [-0.1, -0.05) is 95.3 Å². The molecule has 0 aliphatic heterocycles. The molecule has 4 nitrogen and oxygen atoms in total. The summed E-state index contributed by atoms with van der Waals surface area (Å²) in [5.41, 5.74) is 14.6. The summed E-state index contributed by atoms with van der Waals surface area (Å²) in [5, 5.41) is 21.6. The minimum Gasteiger partial charge on any atom is -0.548 e. The topological polar surface area (TPSA) is 86.4 Å². The number of carboxylic acid groups (broad SMARTS) is 1. The molecule has 0 aromatic heterocycles. The lowest BCUT2D eigenvalue weighted by Gasteiger charge is -2.34. The number of hydrogen-bond donors (Lipinski definition) is 2. The average molecular weight is 515 g/mol. The zero-order valence-corrected chi connectivity index (χ0v) is 24.1. The van der Waals surface area contributed by atoms with E-state index in [9.17, 15) is 15.0 Å². The minimum atomic E-state index is -1.28. The van der Waals surface area contributed by atoms with Crippen LogP contribution >= 0.6 is 0 Å². The summed E-state index contributed by atoms with van der Waals surface area (Å²) in [6, 6.07) is 19.8. The molecule has 0 saturated carbocycles. The Morgan fingerprint density at radius 2 is 1.45 bits per heavy atom. The fourth-order valence-electron chi connectivity index (χ4n) is 5.52. The normalized spacial score (nSPS) is 13.8. The predicted octanol–water partition coefficient (Wildman–Crippen LogP) is 6.17. The molecule has 0 fully saturated rings. The van der Waals surface area contributed by atoms with Crippen LogP contribution in [0.5, 0.6) is 0 Å². The number of carbonyl (C=O) groups excluding carboxylic acids is 1. The molecule has 3 N–H and O–H groups in total. The Balaban J connectivity index is 1.91. The van der Waals surface area contributed by atoms with Gasteiger partial charge in [0.15, 0.2) is 0 Å². The van der Waals surface area contributed by atoms with Crippen LogP contribution in [0.4, 0.5) is 0 Å². The first-order valence-corrected chi connectivity index (χ1v) is 13.8. The van der Waals surface area contributed by atoms with Crippen molar-refractivity contribution in [3.8, 4) is 11.1 Å². The first-order valence-electron chi connectivity index (χ1n) is 13.8. The third kappa shape index (κ3) is 6.19. The standard InChI is InChI=1S/C34H45NO3/c1-8-34(9-2,27-16-14-24(22(3)20-27)15-19-30(36)33(5,6)7)28-17-18-29(23(4)21-28)25-10-12-26(13-11-25)31(35)32(37)38/h10-14,16-18,20-21,30-31,36H,8-9,15,19,35H2,1-7H3,(H,37,38)/p-1/t30?,31-/m0/s1. The number of aryl methyl sites for hydroxylation is 3. The Bertz CT molecular complexity index is 1250. The van der Waals surface area contributed by atoms with Crippen LogP contribution in [-0.4, -0.2) is 17.2 Å². The third-order valence-electron chi connectivity index (χ3n) is 8.40. The van der Waals surface area contributed by atoms with E-state index in [4.69, 9.17) is 5.73 Å². The van der Waals surface area contributed by atoms with Crippen LogP contribution in [0.15, 0.2) is 60.7 Å². The van der Waals surface area contributed by atoms with Gasteiger partial charge in [-0.2, -0.15) is 0 Å². The van der Waals surface area contributed by atoms with Crippen LogP contribution < -0.4 is 10.8 Å². The molecule has 0 bridgehead atoms. The molecule has 3 aromatic carbocycles. The van der Waals surface area contributed by atoms with E-state index >= 15 is 0 Å². The number of aliphatic carboxylic acids is 1. The summed E-state index contributed by atoms with van der Waals surface area (Å²) >= 11 is 0. The second kappa shape index (κ2) is 11.8. The van der Waals surface area contributed by atoms with Crippen LogP contribution in [0, 0.1) is 19.3 Å². The summed E-state index contributed by atoms with van der Waals surface area (Å²) in [7, 11) is 0. The Morgan fingerprint density at radius 3 is 1.92 bits per heavy atom. The number of aliphatic hydroxyl groups excluding tert-OH is 1. The Morgan fingerprint density at radius 1 is 0.895 bits per heavy atom. The van der Waals surface area contributed by atoms with E-state index < -0.39 is 12.0 Å². The zero-order chi connectivity index (χ0) is 28.3. The maximum atomic E-state index is 11.1. The van der Waals surface area contributed by atoms with E-state index in [0.717, 1.165) is 36.8 Å². The molecule has 3 aromatic rings. The Labute approximate surface area is 228 Å². The van der Waals surface area contributed by atoms with E-state index in [1.54, 1.807) is 12.1 Å². The minimum absolute atomic E-state index is 0.0946. The first kappa shape index (κ1) is 29.6. The summed E-state index contributed by atoms with van der Waals surface area (Å²) < 4.78 is 0. The van der Waals surface area contributed by atoms with Crippen molar-refractivity contribution in [1.82, 2.24) is 0 Å². The van der Waals surface area contributed by atoms with Crippen molar-refractivity contribution in [3.05, 3.63) is 94.0 Å². The molecule has 0 aliphatic rings. The van der Waals surface area contributed by atoms with Gasteiger partial charge in [0.2, 0.25) is 0 Å². The van der Waals surface area contributed by atoms with Gasteiger partial charge in [-0.15, -0.1) is 0 Å². The van der Waals surface area contributed by atoms with Crippen molar-refractivity contribution in [2.75, 3.05) is 0 Å². The van der Waals surface area contributed by atoms with Gasteiger partial charge in [-0.25, -0.2) is 0 Å². The summed E-state index contributed by atoms with van der Waals surface area (Å²) in [6.07, 6.45) is 3.28. The molecule has 0 spiro atoms. The second-order valence-electron chi connectivity index (χ2n) is 11.8. The van der Waals surface area contributed by atoms with Gasteiger partial charge in [0.25, 0.3) is 0 Å². The smallest absolute Gasteiger partial charge is 0.0699 e. The molecule has 0 heterocycles. The number of carbonyl (C=O) groups is 1. The second-order valence-corrected chi connectivity index (χ2v) is 11.8. The summed E-state index contributed by atoms with van der Waals surface area (Å²) in [4.78, 5) is 11.1. The lowest BCUT2D eigenvalue weighted by atomic mass is 9.69. The van der Waals surface area contributed by atoms with Crippen molar-refractivity contribution in [3.63, 3.8) is 0 Å². The number of nitrogens with two attached hydrogens (primary N) is 1. The highest BCUT2D eigenvalue weighted by Gasteiger charge is 2.31. The van der Waals surface area contributed by atoms with Gasteiger partial charge in [0.1, 0.15) is 0 Å². The number of carboxylic acids is 1. The molecule has 204 valence electrons. The molecule has 0 saturated heterocycles. The van der Waals surface area contributed by atoms with Gasteiger partial charge in [-0.05, 0) is 89.5 Å². The van der Waals surface area contributed by atoms with Crippen LogP contribution in [0.25, 0.3) is 11.1 Å². The van der Waals surface area contributed by atoms with Crippen LogP contribution in [0.2, 0.25) is 0 Å². The quantitative estimate of drug-likeness (QED) is 0.339. The predicted molar refractivity (Wildman–Crippen MR) is 155 cm³/mol. The molecule has 2 atom stereocenters. The SMILES string of the molecule is CCC(CC)(c1ccc(CCC(O)C(C)(C)C)c(C)c1)c1ccc(-c2ccc([C@H](N)C(=O)[O-])cc2)c(C)c1. The number of hydrogen-bond acceptors (Lipinski definition) is 4. The zero-order valence-electron chi connectivity index (χ0n) is 24.1. The molecule has 38 heavy (non-hydrogen) atoms. The van der Waals surface area contributed by atoms with E-state index in [-0.39, 0.29) is 16.9 Å². The Hall–Kier alpha value is -2.95. The molecule has 3 rings (SSSR count). The molecule has 0 radical (unpaired) electrons.